The summed E-state index contributed by atoms with van der Waals surface area (Å²) in [7, 11) is -3.95. The summed E-state index contributed by atoms with van der Waals surface area (Å²) in [5.41, 5.74) is 0.621. The van der Waals surface area contributed by atoms with E-state index >= 15 is 0 Å². The van der Waals surface area contributed by atoms with Gasteiger partial charge in [0.05, 0.1) is 4.90 Å². The van der Waals surface area contributed by atoms with Crippen LogP contribution in [0, 0.1) is 0 Å². The molecule has 0 saturated heterocycles. The number of hydrogen-bond donors (Lipinski definition) is 2. The summed E-state index contributed by atoms with van der Waals surface area (Å²) in [6.45, 7) is 0. The van der Waals surface area contributed by atoms with Crippen LogP contribution in [0.1, 0.15) is 0 Å². The number of anilines is 1. The van der Waals surface area contributed by atoms with Gasteiger partial charge in [-0.3, -0.25) is 9.52 Å². The molecule has 0 amide bonds. The number of sulfonamides is 1. The molecule has 3 rings (SSSR count). The van der Waals surface area contributed by atoms with E-state index in [1.165, 1.54) is 24.3 Å². The highest BCUT2D eigenvalue weighted by molar-refractivity contribution is 7.92. The van der Waals surface area contributed by atoms with Gasteiger partial charge in [-0.25, -0.2) is 8.42 Å². The number of hydrogen-bond acceptors (Lipinski definition) is 4. The second-order valence-electron chi connectivity index (χ2n) is 5.21. The van der Waals surface area contributed by atoms with E-state index in [9.17, 15) is 18.4 Å². The fraction of sp³-hybridized carbons (Fsp3) is 0. The number of nitrogens with zero attached hydrogens (tertiary/aromatic N) is 1. The Kier molecular flexibility index (Phi) is 4.52. The lowest BCUT2D eigenvalue weighted by Gasteiger charge is -2.09. The standard InChI is InChI=1S/C17H13ClN2O4S/c18-14-7-3-12(4-8-14)13-5-9-15(10-6-13)25(23,24)19-16-2-1-11-20(22)17(16)21/h1-11,19,22H. The number of rotatable bonds is 4. The molecule has 128 valence electrons. The summed E-state index contributed by atoms with van der Waals surface area (Å²) in [4.78, 5) is 11.7. The summed E-state index contributed by atoms with van der Waals surface area (Å²) in [5, 5.41) is 9.92. The van der Waals surface area contributed by atoms with E-state index in [0.717, 1.165) is 17.3 Å². The molecule has 0 saturated carbocycles. The molecular weight excluding hydrogens is 364 g/mol. The van der Waals surface area contributed by atoms with Crippen LogP contribution in [-0.2, 0) is 10.0 Å². The van der Waals surface area contributed by atoms with Crippen molar-refractivity contribution in [3.05, 3.63) is 82.2 Å². The molecule has 1 heterocycles. The zero-order valence-electron chi connectivity index (χ0n) is 12.8. The second-order valence-corrected chi connectivity index (χ2v) is 7.33. The molecule has 2 N–H and O–H groups in total. The summed E-state index contributed by atoms with van der Waals surface area (Å²) >= 11 is 5.85. The smallest absolute Gasteiger partial charge is 0.307 e. The zero-order valence-corrected chi connectivity index (χ0v) is 14.3. The van der Waals surface area contributed by atoms with E-state index in [-0.39, 0.29) is 10.6 Å². The lowest BCUT2D eigenvalue weighted by atomic mass is 10.1. The summed E-state index contributed by atoms with van der Waals surface area (Å²) in [6.07, 6.45) is 1.11. The van der Waals surface area contributed by atoms with Crippen LogP contribution in [-0.4, -0.2) is 18.4 Å². The molecule has 3 aromatic rings. The second kappa shape index (κ2) is 6.62. The zero-order chi connectivity index (χ0) is 18.0. The average molecular weight is 377 g/mol. The Morgan fingerprint density at radius 2 is 1.48 bits per heavy atom. The van der Waals surface area contributed by atoms with Crippen molar-refractivity contribution in [2.75, 3.05) is 4.72 Å². The molecule has 0 aliphatic carbocycles. The van der Waals surface area contributed by atoms with Gasteiger partial charge in [-0.2, -0.15) is 4.73 Å². The minimum Gasteiger partial charge on any atom is -0.425 e. The Balaban J connectivity index is 1.89. The van der Waals surface area contributed by atoms with Crippen LogP contribution in [0.2, 0.25) is 5.02 Å². The van der Waals surface area contributed by atoms with Crippen molar-refractivity contribution in [2.45, 2.75) is 4.90 Å². The van der Waals surface area contributed by atoms with E-state index in [1.807, 2.05) is 12.1 Å². The van der Waals surface area contributed by atoms with Gasteiger partial charge in [0.2, 0.25) is 0 Å². The summed E-state index contributed by atoms with van der Waals surface area (Å²) < 4.78 is 27.3. The Hall–Kier alpha value is -2.77. The highest BCUT2D eigenvalue weighted by atomic mass is 35.5. The Morgan fingerprint density at radius 1 is 0.920 bits per heavy atom. The summed E-state index contributed by atoms with van der Waals surface area (Å²) in [6, 6.07) is 16.0. The van der Waals surface area contributed by atoms with Gasteiger partial charge in [-0.05, 0) is 47.5 Å². The third-order valence-electron chi connectivity index (χ3n) is 3.52. The molecule has 0 fully saturated rings. The lowest BCUT2D eigenvalue weighted by molar-refractivity contribution is 0.175. The maximum atomic E-state index is 12.4. The van der Waals surface area contributed by atoms with Crippen LogP contribution >= 0.6 is 11.6 Å². The van der Waals surface area contributed by atoms with Gasteiger partial charge in [-0.1, -0.05) is 35.9 Å². The number of nitrogens with one attached hydrogen (secondary N) is 1. The van der Waals surface area contributed by atoms with Crippen molar-refractivity contribution in [3.8, 4) is 11.1 Å². The first-order chi connectivity index (χ1) is 11.9. The molecule has 0 aliphatic heterocycles. The van der Waals surface area contributed by atoms with Gasteiger partial charge in [0.25, 0.3) is 10.0 Å². The van der Waals surface area contributed by atoms with Crippen LogP contribution in [0.25, 0.3) is 11.1 Å². The fourth-order valence-electron chi connectivity index (χ4n) is 2.23. The third-order valence-corrected chi connectivity index (χ3v) is 5.15. The first kappa shape index (κ1) is 17.1. The topological polar surface area (TPSA) is 88.4 Å². The molecule has 0 bridgehead atoms. The monoisotopic (exact) mass is 376 g/mol. The van der Waals surface area contributed by atoms with Crippen LogP contribution in [0.5, 0.6) is 0 Å². The van der Waals surface area contributed by atoms with Gasteiger partial charge in [0.15, 0.2) is 0 Å². The molecule has 0 atom stereocenters. The van der Waals surface area contributed by atoms with Gasteiger partial charge in [0.1, 0.15) is 5.69 Å². The highest BCUT2D eigenvalue weighted by Crippen LogP contribution is 2.23. The fourth-order valence-corrected chi connectivity index (χ4v) is 3.42. The molecule has 6 nitrogen and oxygen atoms in total. The van der Waals surface area contributed by atoms with Crippen molar-refractivity contribution in [3.63, 3.8) is 0 Å². The van der Waals surface area contributed by atoms with Crippen molar-refractivity contribution < 1.29 is 13.6 Å². The maximum Gasteiger partial charge on any atom is 0.307 e. The van der Waals surface area contributed by atoms with Crippen molar-refractivity contribution in [1.82, 2.24) is 4.73 Å². The molecule has 25 heavy (non-hydrogen) atoms. The predicted molar refractivity (Wildman–Crippen MR) is 95.6 cm³/mol. The van der Waals surface area contributed by atoms with Gasteiger partial charge >= 0.3 is 5.56 Å². The number of aromatic nitrogens is 1. The SMILES string of the molecule is O=c1c(NS(=O)(=O)c2ccc(-c3ccc(Cl)cc3)cc2)cccn1O. The predicted octanol–water partition coefficient (Wildman–Crippen LogP) is 3.21. The van der Waals surface area contributed by atoms with Crippen molar-refractivity contribution in [2.24, 2.45) is 0 Å². The summed E-state index contributed by atoms with van der Waals surface area (Å²) in [5.74, 6) is 0. The Bertz CT molecular complexity index is 1060. The minimum atomic E-state index is -3.95. The van der Waals surface area contributed by atoms with Crippen LogP contribution in [0.4, 0.5) is 5.69 Å². The largest absolute Gasteiger partial charge is 0.425 e. The van der Waals surface area contributed by atoms with Crippen molar-refractivity contribution in [1.29, 1.82) is 0 Å². The van der Waals surface area contributed by atoms with Gasteiger partial charge in [-0.15, -0.1) is 0 Å². The maximum absolute atomic E-state index is 12.4. The number of benzene rings is 2. The molecular formula is C17H13ClN2O4S. The normalized spacial score (nSPS) is 11.2. The number of pyridine rings is 1. The lowest BCUT2D eigenvalue weighted by Crippen LogP contribution is -2.24. The van der Waals surface area contributed by atoms with E-state index in [2.05, 4.69) is 4.72 Å². The number of halogens is 1. The van der Waals surface area contributed by atoms with Gasteiger partial charge < -0.3 is 5.21 Å². The van der Waals surface area contributed by atoms with Crippen molar-refractivity contribution >= 4 is 27.3 Å². The van der Waals surface area contributed by atoms with Crippen LogP contribution < -0.4 is 10.3 Å². The highest BCUT2D eigenvalue weighted by Gasteiger charge is 2.16. The first-order valence-corrected chi connectivity index (χ1v) is 9.03. The molecule has 1 aromatic heterocycles. The quantitative estimate of drug-likeness (QED) is 0.684. The van der Waals surface area contributed by atoms with E-state index in [4.69, 9.17) is 11.6 Å². The molecule has 0 spiro atoms. The molecule has 0 aliphatic rings. The van der Waals surface area contributed by atoms with Crippen LogP contribution in [0.3, 0.4) is 0 Å². The van der Waals surface area contributed by atoms with Gasteiger partial charge in [0, 0.05) is 11.2 Å². The molecule has 8 heteroatoms. The third kappa shape index (κ3) is 3.67. The van der Waals surface area contributed by atoms with Crippen LogP contribution in [0.15, 0.2) is 76.6 Å². The molecule has 0 radical (unpaired) electrons. The van der Waals surface area contributed by atoms with E-state index < -0.39 is 15.6 Å². The molecule has 2 aromatic carbocycles. The Labute approximate surface area is 148 Å². The molecule has 0 unspecified atom stereocenters. The van der Waals surface area contributed by atoms with E-state index in [1.54, 1.807) is 24.3 Å². The first-order valence-electron chi connectivity index (χ1n) is 7.16. The minimum absolute atomic E-state index is 0.00189. The Morgan fingerprint density at radius 3 is 2.08 bits per heavy atom. The average Bonchev–Trinajstić information content (AvgIpc) is 2.60. The van der Waals surface area contributed by atoms with E-state index in [0.29, 0.717) is 9.75 Å².